The topological polar surface area (TPSA) is 66.9 Å². The van der Waals surface area contributed by atoms with E-state index in [4.69, 9.17) is 4.74 Å². The number of rotatable bonds is 4. The fourth-order valence-corrected chi connectivity index (χ4v) is 4.42. The van der Waals surface area contributed by atoms with E-state index in [0.717, 1.165) is 40.5 Å². The molecule has 6 heteroatoms. The molecule has 0 unspecified atom stereocenters. The van der Waals surface area contributed by atoms with Gasteiger partial charge in [0.15, 0.2) is 0 Å². The normalized spacial score (nSPS) is 18.9. The van der Waals surface area contributed by atoms with Crippen molar-refractivity contribution in [3.8, 4) is 0 Å². The van der Waals surface area contributed by atoms with Crippen molar-refractivity contribution in [3.63, 3.8) is 0 Å². The molecule has 0 aromatic heterocycles. The second-order valence-corrected chi connectivity index (χ2v) is 7.62. The Morgan fingerprint density at radius 3 is 2.54 bits per heavy atom. The van der Waals surface area contributed by atoms with Gasteiger partial charge < -0.3 is 9.64 Å². The summed E-state index contributed by atoms with van der Waals surface area (Å²) in [5.74, 6) is -0.835. The molecule has 1 aliphatic carbocycles. The summed E-state index contributed by atoms with van der Waals surface area (Å²) in [5.41, 5.74) is 0.122. The molecular formula is C22H24N2O4. The van der Waals surface area contributed by atoms with Crippen molar-refractivity contribution in [1.82, 2.24) is 9.80 Å². The van der Waals surface area contributed by atoms with E-state index >= 15 is 0 Å². The first kappa shape index (κ1) is 18.5. The van der Waals surface area contributed by atoms with Crippen molar-refractivity contribution in [2.24, 2.45) is 0 Å². The molecule has 0 atom stereocenters. The van der Waals surface area contributed by atoms with Crippen molar-refractivity contribution in [2.45, 2.75) is 44.2 Å². The summed E-state index contributed by atoms with van der Waals surface area (Å²) in [6.07, 6.45) is 4.24. The highest BCUT2D eigenvalue weighted by molar-refractivity contribution is 6.08. The third-order valence-electron chi connectivity index (χ3n) is 6.04. The minimum absolute atomic E-state index is 0.109. The summed E-state index contributed by atoms with van der Waals surface area (Å²) in [7, 11) is 1.66. The van der Waals surface area contributed by atoms with Crippen LogP contribution in [0.4, 0.5) is 4.79 Å². The largest absolute Gasteiger partial charge is 0.459 e. The maximum absolute atomic E-state index is 12.9. The Bertz CT molecular complexity index is 928. The Kier molecular flexibility index (Phi) is 4.79. The van der Waals surface area contributed by atoms with Gasteiger partial charge in [-0.05, 0) is 29.2 Å². The van der Waals surface area contributed by atoms with E-state index in [-0.39, 0.29) is 19.1 Å². The first-order valence-corrected chi connectivity index (χ1v) is 9.75. The van der Waals surface area contributed by atoms with E-state index in [1.54, 1.807) is 7.05 Å². The van der Waals surface area contributed by atoms with Gasteiger partial charge in [-0.3, -0.25) is 14.5 Å². The Morgan fingerprint density at radius 1 is 1.04 bits per heavy atom. The standard InChI is InChI=1S/C22H24N2O4/c1-23-21(27)24(20(26)22(23)12-5-2-6-13-22)14-19(25)28-15-17-10-7-9-16-8-3-4-11-18(16)17/h3-4,7-11H,2,5-6,12-15H2,1H3. The summed E-state index contributed by atoms with van der Waals surface area (Å²) >= 11 is 0. The van der Waals surface area contributed by atoms with Crippen LogP contribution in [0.2, 0.25) is 0 Å². The van der Waals surface area contributed by atoms with Gasteiger partial charge in [-0.1, -0.05) is 61.7 Å². The van der Waals surface area contributed by atoms with Gasteiger partial charge in [0.25, 0.3) is 5.91 Å². The average Bonchev–Trinajstić information content (AvgIpc) is 2.89. The number of amides is 3. The lowest BCUT2D eigenvalue weighted by Crippen LogP contribution is -2.49. The van der Waals surface area contributed by atoms with Crippen molar-refractivity contribution < 1.29 is 19.1 Å². The molecule has 0 radical (unpaired) electrons. The van der Waals surface area contributed by atoms with Crippen LogP contribution in [0, 0.1) is 0 Å². The number of likely N-dealkylation sites (N-methyl/N-ethyl adjacent to an activating group) is 1. The third kappa shape index (κ3) is 3.03. The lowest BCUT2D eigenvalue weighted by Gasteiger charge is -2.35. The summed E-state index contributed by atoms with van der Waals surface area (Å²) in [6, 6.07) is 13.3. The number of fused-ring (bicyclic) bond motifs is 1. The molecule has 3 amide bonds. The van der Waals surface area contributed by atoms with Crippen LogP contribution < -0.4 is 0 Å². The molecule has 2 aromatic carbocycles. The Balaban J connectivity index is 1.43. The highest BCUT2D eigenvalue weighted by Crippen LogP contribution is 2.39. The predicted molar refractivity (Wildman–Crippen MR) is 104 cm³/mol. The van der Waals surface area contributed by atoms with Gasteiger partial charge in [-0.25, -0.2) is 4.79 Å². The maximum atomic E-state index is 12.9. The number of esters is 1. The Labute approximate surface area is 164 Å². The lowest BCUT2D eigenvalue weighted by molar-refractivity contribution is -0.149. The van der Waals surface area contributed by atoms with E-state index in [1.165, 1.54) is 4.90 Å². The highest BCUT2D eigenvalue weighted by atomic mass is 16.5. The van der Waals surface area contributed by atoms with Crippen LogP contribution in [0.15, 0.2) is 42.5 Å². The summed E-state index contributed by atoms with van der Waals surface area (Å²) in [5, 5.41) is 2.09. The fraction of sp³-hybridized carbons (Fsp3) is 0.409. The molecule has 2 aromatic rings. The van der Waals surface area contributed by atoms with E-state index in [0.29, 0.717) is 12.8 Å². The molecule has 1 saturated heterocycles. The lowest BCUT2D eigenvalue weighted by atomic mass is 9.81. The van der Waals surface area contributed by atoms with Crippen LogP contribution in [0.5, 0.6) is 0 Å². The number of carbonyl (C=O) groups excluding carboxylic acids is 3. The number of urea groups is 1. The Hall–Kier alpha value is -2.89. The monoisotopic (exact) mass is 380 g/mol. The van der Waals surface area contributed by atoms with Crippen LogP contribution in [-0.4, -0.2) is 46.8 Å². The summed E-state index contributed by atoms with van der Waals surface area (Å²) in [6.45, 7) is -0.230. The van der Waals surface area contributed by atoms with Crippen molar-refractivity contribution in [1.29, 1.82) is 0 Å². The zero-order valence-electron chi connectivity index (χ0n) is 16.0. The van der Waals surface area contributed by atoms with Crippen LogP contribution in [0.1, 0.15) is 37.7 Å². The zero-order chi connectivity index (χ0) is 19.7. The maximum Gasteiger partial charge on any atom is 0.327 e. The molecule has 0 N–H and O–H groups in total. The second kappa shape index (κ2) is 7.26. The first-order valence-electron chi connectivity index (χ1n) is 9.75. The fourth-order valence-electron chi connectivity index (χ4n) is 4.42. The summed E-state index contributed by atoms with van der Waals surface area (Å²) < 4.78 is 5.40. The molecule has 1 spiro atoms. The molecule has 0 bridgehead atoms. The van der Waals surface area contributed by atoms with Gasteiger partial charge in [0, 0.05) is 7.05 Å². The zero-order valence-corrected chi connectivity index (χ0v) is 16.0. The minimum Gasteiger partial charge on any atom is -0.459 e. The number of hydrogen-bond donors (Lipinski definition) is 0. The third-order valence-corrected chi connectivity index (χ3v) is 6.04. The minimum atomic E-state index is -0.773. The van der Waals surface area contributed by atoms with Gasteiger partial charge in [-0.2, -0.15) is 0 Å². The van der Waals surface area contributed by atoms with Crippen LogP contribution in [-0.2, 0) is 20.9 Å². The smallest absolute Gasteiger partial charge is 0.327 e. The number of hydrogen-bond acceptors (Lipinski definition) is 4. The van der Waals surface area contributed by atoms with E-state index < -0.39 is 17.5 Å². The van der Waals surface area contributed by atoms with Gasteiger partial charge in [0.05, 0.1) is 0 Å². The van der Waals surface area contributed by atoms with Crippen LogP contribution in [0.25, 0.3) is 10.8 Å². The Morgan fingerprint density at radius 2 is 1.75 bits per heavy atom. The number of carbonyl (C=O) groups is 3. The van der Waals surface area contributed by atoms with Gasteiger partial charge >= 0.3 is 12.0 Å². The molecule has 1 saturated carbocycles. The van der Waals surface area contributed by atoms with E-state index in [2.05, 4.69) is 0 Å². The van der Waals surface area contributed by atoms with Crippen molar-refractivity contribution >= 4 is 28.7 Å². The average molecular weight is 380 g/mol. The molecule has 28 heavy (non-hydrogen) atoms. The molecule has 2 aliphatic rings. The molecule has 1 aliphatic heterocycles. The predicted octanol–water partition coefficient (Wildman–Crippen LogP) is 3.48. The van der Waals surface area contributed by atoms with Crippen LogP contribution in [0.3, 0.4) is 0 Å². The van der Waals surface area contributed by atoms with Gasteiger partial charge in [-0.15, -0.1) is 0 Å². The number of imide groups is 1. The highest BCUT2D eigenvalue weighted by Gasteiger charge is 2.55. The molecular weight excluding hydrogens is 356 g/mol. The molecule has 6 nitrogen and oxygen atoms in total. The molecule has 4 rings (SSSR count). The SMILES string of the molecule is CN1C(=O)N(CC(=O)OCc2cccc3ccccc23)C(=O)C12CCCCC2. The van der Waals surface area contributed by atoms with E-state index in [9.17, 15) is 14.4 Å². The molecule has 2 fully saturated rings. The number of benzene rings is 2. The molecule has 146 valence electrons. The second-order valence-electron chi connectivity index (χ2n) is 7.62. The van der Waals surface area contributed by atoms with E-state index in [1.807, 2.05) is 42.5 Å². The molecule has 1 heterocycles. The quantitative estimate of drug-likeness (QED) is 0.602. The van der Waals surface area contributed by atoms with Crippen molar-refractivity contribution in [2.75, 3.05) is 13.6 Å². The summed E-state index contributed by atoms with van der Waals surface area (Å²) in [4.78, 5) is 40.5. The van der Waals surface area contributed by atoms with Gasteiger partial charge in [0.2, 0.25) is 0 Å². The van der Waals surface area contributed by atoms with Crippen molar-refractivity contribution in [3.05, 3.63) is 48.0 Å². The van der Waals surface area contributed by atoms with Gasteiger partial charge in [0.1, 0.15) is 18.7 Å². The number of ether oxygens (including phenoxy) is 1. The number of nitrogens with zero attached hydrogens (tertiary/aromatic N) is 2. The van der Waals surface area contributed by atoms with Crippen LogP contribution >= 0.6 is 0 Å². The first-order chi connectivity index (χ1) is 13.5.